The van der Waals surface area contributed by atoms with Gasteiger partial charge in [-0.2, -0.15) is 5.26 Å². The maximum absolute atomic E-state index is 12.6. The first-order chi connectivity index (χ1) is 15.0. The summed E-state index contributed by atoms with van der Waals surface area (Å²) in [6, 6.07) is 7.76. The highest BCUT2D eigenvalue weighted by Gasteiger charge is 2.30. The van der Waals surface area contributed by atoms with Crippen molar-refractivity contribution in [2.45, 2.75) is 19.3 Å². The van der Waals surface area contributed by atoms with Crippen molar-refractivity contribution in [3.63, 3.8) is 0 Å². The van der Waals surface area contributed by atoms with E-state index in [1.54, 1.807) is 24.7 Å². The Morgan fingerprint density at radius 3 is 3.10 bits per heavy atom. The maximum Gasteiger partial charge on any atom is 0.305 e. The van der Waals surface area contributed by atoms with Crippen molar-refractivity contribution in [2.75, 3.05) is 18.9 Å². The number of hydrogen-bond acceptors (Lipinski definition) is 8. The van der Waals surface area contributed by atoms with Crippen LogP contribution in [-0.4, -0.2) is 39.4 Å². The summed E-state index contributed by atoms with van der Waals surface area (Å²) in [5.74, 6) is 0.644. The summed E-state index contributed by atoms with van der Waals surface area (Å²) in [6.07, 6.45) is 3.72. The zero-order chi connectivity index (χ0) is 21.5. The van der Waals surface area contributed by atoms with Gasteiger partial charge in [-0.3, -0.25) is 9.59 Å². The number of hydrogen-bond donors (Lipinski definition) is 2. The van der Waals surface area contributed by atoms with Crippen LogP contribution in [0.5, 0.6) is 0 Å². The van der Waals surface area contributed by atoms with Crippen LogP contribution < -0.4 is 10.2 Å². The number of benzene rings is 1. The molecule has 4 aromatic rings. The molecule has 10 heteroatoms. The number of thiophene rings is 1. The van der Waals surface area contributed by atoms with Crippen LogP contribution in [0, 0.1) is 17.2 Å². The van der Waals surface area contributed by atoms with E-state index < -0.39 is 0 Å². The Morgan fingerprint density at radius 1 is 1.39 bits per heavy atom. The van der Waals surface area contributed by atoms with Crippen LogP contribution in [0.15, 0.2) is 29.3 Å². The molecule has 1 aliphatic carbocycles. The van der Waals surface area contributed by atoms with E-state index in [9.17, 15) is 9.59 Å². The van der Waals surface area contributed by atoms with Crippen molar-refractivity contribution in [3.05, 3.63) is 44.6 Å². The van der Waals surface area contributed by atoms with Crippen molar-refractivity contribution in [2.24, 2.45) is 5.92 Å². The number of amides is 1. The van der Waals surface area contributed by atoms with Crippen molar-refractivity contribution >= 4 is 60.5 Å². The number of nitriles is 1. The highest BCUT2D eigenvalue weighted by Crippen LogP contribution is 2.40. The molecule has 2 N–H and O–H groups in total. The molecule has 1 aromatic carbocycles. The van der Waals surface area contributed by atoms with Gasteiger partial charge in [-0.25, -0.2) is 9.97 Å². The molecule has 1 atom stereocenters. The Labute approximate surface area is 185 Å². The second-order valence-corrected chi connectivity index (χ2v) is 9.65. The summed E-state index contributed by atoms with van der Waals surface area (Å²) >= 11 is 2.78. The van der Waals surface area contributed by atoms with Gasteiger partial charge in [-0.15, -0.1) is 11.3 Å². The van der Waals surface area contributed by atoms with E-state index in [4.69, 9.17) is 5.26 Å². The van der Waals surface area contributed by atoms with Gasteiger partial charge in [0.1, 0.15) is 23.5 Å². The molecule has 0 fully saturated rings. The molecule has 3 aromatic heterocycles. The van der Waals surface area contributed by atoms with Gasteiger partial charge in [0, 0.05) is 23.5 Å². The van der Waals surface area contributed by atoms with Gasteiger partial charge < -0.3 is 15.2 Å². The van der Waals surface area contributed by atoms with Crippen LogP contribution in [0.1, 0.15) is 16.9 Å². The number of nitrogens with one attached hydrogen (secondary N) is 2. The lowest BCUT2D eigenvalue weighted by molar-refractivity contribution is -0.133. The molecule has 1 aliphatic rings. The molecule has 0 saturated heterocycles. The quantitative estimate of drug-likeness (QED) is 0.461. The maximum atomic E-state index is 12.6. The zero-order valence-corrected chi connectivity index (χ0v) is 18.3. The van der Waals surface area contributed by atoms with Crippen molar-refractivity contribution in [3.8, 4) is 6.07 Å². The first-order valence-electron chi connectivity index (χ1n) is 9.80. The minimum Gasteiger partial charge on any atom is -0.340 e. The Kier molecular flexibility index (Phi) is 4.92. The number of carbonyl (C=O) groups is 1. The SMILES string of the molecule is CN(CC#N)C(=O)C1CCc2c(sc3ncnc(Nc4ccc5[nH]c(=O)sc5c4)c23)C1. The lowest BCUT2D eigenvalue weighted by atomic mass is 9.87. The standard InChI is InChI=1S/C21H18N6O2S2/c1-27(7-6-22)20(28)11-2-4-13-15(8-11)30-19-17(13)18(23-10-24-19)25-12-3-5-14-16(9-12)31-21(29)26-14/h3,5,9-11H,2,4,7-8H2,1H3,(H,26,29)(H,23,24,25). The van der Waals surface area contributed by atoms with E-state index in [1.807, 2.05) is 24.3 Å². The molecule has 156 valence electrons. The predicted molar refractivity (Wildman–Crippen MR) is 122 cm³/mol. The summed E-state index contributed by atoms with van der Waals surface area (Å²) in [4.78, 5) is 39.5. The molecule has 0 radical (unpaired) electrons. The summed E-state index contributed by atoms with van der Waals surface area (Å²) in [7, 11) is 1.68. The Morgan fingerprint density at radius 2 is 2.26 bits per heavy atom. The van der Waals surface area contributed by atoms with Gasteiger partial charge in [0.2, 0.25) is 5.91 Å². The van der Waals surface area contributed by atoms with Gasteiger partial charge in [0.15, 0.2) is 0 Å². The van der Waals surface area contributed by atoms with Crippen LogP contribution in [0.25, 0.3) is 20.4 Å². The molecule has 3 heterocycles. The van der Waals surface area contributed by atoms with E-state index >= 15 is 0 Å². The van der Waals surface area contributed by atoms with Crippen molar-refractivity contribution in [1.29, 1.82) is 5.26 Å². The second kappa shape index (κ2) is 7.76. The average Bonchev–Trinajstić information content (AvgIpc) is 3.32. The first-order valence-corrected chi connectivity index (χ1v) is 11.4. The number of nitrogens with zero attached hydrogens (tertiary/aromatic N) is 4. The average molecular weight is 451 g/mol. The summed E-state index contributed by atoms with van der Waals surface area (Å²) in [5.41, 5.74) is 2.87. The number of carbonyl (C=O) groups excluding carboxylic acids is 1. The molecule has 0 bridgehead atoms. The van der Waals surface area contributed by atoms with Gasteiger partial charge in [0.05, 0.1) is 21.7 Å². The zero-order valence-electron chi connectivity index (χ0n) is 16.6. The van der Waals surface area contributed by atoms with Gasteiger partial charge in [-0.1, -0.05) is 11.3 Å². The number of aryl methyl sites for hydroxylation is 1. The minimum atomic E-state index is -0.109. The Balaban J connectivity index is 1.47. The third-order valence-corrected chi connectivity index (χ3v) is 7.57. The summed E-state index contributed by atoms with van der Waals surface area (Å²) < 4.78 is 0.885. The van der Waals surface area contributed by atoms with Gasteiger partial charge in [0.25, 0.3) is 0 Å². The number of aromatic nitrogens is 3. The number of rotatable bonds is 4. The van der Waals surface area contributed by atoms with E-state index in [0.717, 1.165) is 49.7 Å². The molecule has 5 rings (SSSR count). The van der Waals surface area contributed by atoms with Crippen LogP contribution in [0.4, 0.5) is 11.5 Å². The number of H-pyrrole nitrogens is 1. The fraction of sp³-hybridized carbons (Fsp3) is 0.286. The van der Waals surface area contributed by atoms with Crippen molar-refractivity contribution < 1.29 is 4.79 Å². The van der Waals surface area contributed by atoms with Crippen molar-refractivity contribution in [1.82, 2.24) is 19.9 Å². The first kappa shape index (κ1) is 19.7. The predicted octanol–water partition coefficient (Wildman–Crippen LogP) is 3.42. The van der Waals surface area contributed by atoms with E-state index in [1.165, 1.54) is 21.8 Å². The fourth-order valence-electron chi connectivity index (χ4n) is 4.07. The number of fused-ring (bicyclic) bond motifs is 4. The molecular formula is C21H18N6O2S2. The third-order valence-electron chi connectivity index (χ3n) is 5.56. The summed E-state index contributed by atoms with van der Waals surface area (Å²) in [5, 5.41) is 13.3. The molecule has 1 unspecified atom stereocenters. The van der Waals surface area contributed by atoms with Crippen LogP contribution in [0.2, 0.25) is 0 Å². The molecule has 31 heavy (non-hydrogen) atoms. The number of thiazole rings is 1. The molecular weight excluding hydrogens is 432 g/mol. The van der Waals surface area contributed by atoms with Gasteiger partial charge >= 0.3 is 4.87 Å². The Hall–Kier alpha value is -3.29. The molecule has 0 spiro atoms. The highest BCUT2D eigenvalue weighted by molar-refractivity contribution is 7.19. The van der Waals surface area contributed by atoms with E-state index in [-0.39, 0.29) is 23.2 Å². The van der Waals surface area contributed by atoms with Crippen LogP contribution >= 0.6 is 22.7 Å². The molecule has 1 amide bonds. The monoisotopic (exact) mass is 450 g/mol. The third kappa shape index (κ3) is 3.56. The normalized spacial score (nSPS) is 15.5. The topological polar surface area (TPSA) is 115 Å². The number of aromatic amines is 1. The number of anilines is 2. The van der Waals surface area contributed by atoms with E-state index in [0.29, 0.717) is 6.42 Å². The van der Waals surface area contributed by atoms with Gasteiger partial charge in [-0.05, 0) is 43.0 Å². The fourth-order valence-corrected chi connectivity index (χ4v) is 6.11. The molecule has 0 saturated carbocycles. The minimum absolute atomic E-state index is 0.0212. The second-order valence-electron chi connectivity index (χ2n) is 7.55. The lowest BCUT2D eigenvalue weighted by Gasteiger charge is -2.25. The highest BCUT2D eigenvalue weighted by atomic mass is 32.1. The largest absolute Gasteiger partial charge is 0.340 e. The Bertz CT molecular complexity index is 1410. The molecule has 0 aliphatic heterocycles. The van der Waals surface area contributed by atoms with Crippen LogP contribution in [-0.2, 0) is 17.6 Å². The van der Waals surface area contributed by atoms with E-state index in [2.05, 4.69) is 20.3 Å². The molecule has 8 nitrogen and oxygen atoms in total. The van der Waals surface area contributed by atoms with Crippen LogP contribution in [0.3, 0.4) is 0 Å². The smallest absolute Gasteiger partial charge is 0.305 e. The lowest BCUT2D eigenvalue weighted by Crippen LogP contribution is -2.35. The summed E-state index contributed by atoms with van der Waals surface area (Å²) in [6.45, 7) is 0.105.